The first kappa shape index (κ1) is 17.6. The first-order valence-electron chi connectivity index (χ1n) is 8.81. The van der Waals surface area contributed by atoms with Crippen molar-refractivity contribution in [3.63, 3.8) is 0 Å². The van der Waals surface area contributed by atoms with Crippen molar-refractivity contribution >= 4 is 34.3 Å². The van der Waals surface area contributed by atoms with E-state index >= 15 is 0 Å². The van der Waals surface area contributed by atoms with Crippen LogP contribution >= 0.6 is 11.6 Å². The molecule has 0 bridgehead atoms. The summed E-state index contributed by atoms with van der Waals surface area (Å²) in [5.41, 5.74) is 0.0601. The van der Waals surface area contributed by atoms with Gasteiger partial charge in [-0.05, 0) is 36.4 Å². The van der Waals surface area contributed by atoms with Crippen LogP contribution in [0, 0.1) is 5.82 Å². The van der Waals surface area contributed by atoms with E-state index in [1.165, 1.54) is 29.3 Å². The Morgan fingerprint density at radius 2 is 1.83 bits per heavy atom. The molecule has 29 heavy (non-hydrogen) atoms. The molecular weight excluding hydrogens is 395 g/mol. The van der Waals surface area contributed by atoms with Crippen molar-refractivity contribution in [2.24, 2.45) is 0 Å². The zero-order valence-corrected chi connectivity index (χ0v) is 15.6. The largest absolute Gasteiger partial charge is 0.450 e. The number of carbonyl (C=O) groups excluding carboxylic acids is 1. The average molecular weight is 407 g/mol. The zero-order valence-electron chi connectivity index (χ0n) is 14.8. The Labute approximate surface area is 169 Å². The Morgan fingerprint density at radius 1 is 1.03 bits per heavy atom. The van der Waals surface area contributed by atoms with E-state index in [1.54, 1.807) is 42.5 Å². The molecule has 5 rings (SSSR count). The summed E-state index contributed by atoms with van der Waals surface area (Å²) in [5, 5.41) is 0.589. The average Bonchev–Trinajstić information content (AvgIpc) is 3.02. The normalized spacial score (nSPS) is 15.7. The van der Waals surface area contributed by atoms with E-state index in [0.29, 0.717) is 10.8 Å². The van der Waals surface area contributed by atoms with Crippen LogP contribution in [-0.2, 0) is 0 Å². The van der Waals surface area contributed by atoms with Crippen LogP contribution < -0.4 is 10.3 Å². The zero-order chi connectivity index (χ0) is 20.1. The number of rotatable bonds is 2. The van der Waals surface area contributed by atoms with Crippen molar-refractivity contribution in [1.29, 1.82) is 0 Å². The predicted octanol–water partition coefficient (Wildman–Crippen LogP) is 4.73. The molecule has 0 unspecified atom stereocenters. The minimum absolute atomic E-state index is 0.0699. The summed E-state index contributed by atoms with van der Waals surface area (Å²) in [5.74, 6) is -0.923. The van der Waals surface area contributed by atoms with Crippen LogP contribution in [0.1, 0.15) is 27.7 Å². The maximum absolute atomic E-state index is 14.7. The van der Waals surface area contributed by atoms with Gasteiger partial charge in [0.1, 0.15) is 17.2 Å². The fourth-order valence-corrected chi connectivity index (χ4v) is 3.84. The van der Waals surface area contributed by atoms with Crippen LogP contribution in [0.25, 0.3) is 11.0 Å². The first-order valence-corrected chi connectivity index (χ1v) is 9.19. The Balaban J connectivity index is 1.86. The smallest absolute Gasteiger partial charge is 0.296 e. The summed E-state index contributed by atoms with van der Waals surface area (Å²) < 4.78 is 20.5. The molecule has 0 aliphatic carbocycles. The molecule has 0 fully saturated rings. The maximum Gasteiger partial charge on any atom is 0.296 e. The minimum atomic E-state index is -1.01. The highest BCUT2D eigenvalue weighted by Gasteiger charge is 2.45. The van der Waals surface area contributed by atoms with E-state index in [-0.39, 0.29) is 27.9 Å². The summed E-state index contributed by atoms with van der Waals surface area (Å²) in [6, 6.07) is 14.6. The van der Waals surface area contributed by atoms with Crippen molar-refractivity contribution in [3.05, 3.63) is 105 Å². The molecule has 5 nitrogen and oxygen atoms in total. The van der Waals surface area contributed by atoms with Crippen molar-refractivity contribution in [1.82, 2.24) is 4.98 Å². The molecule has 3 heterocycles. The van der Waals surface area contributed by atoms with Crippen LogP contribution in [-0.4, -0.2) is 10.9 Å². The maximum atomic E-state index is 14.7. The Hall–Kier alpha value is -3.51. The number of aromatic nitrogens is 1. The summed E-state index contributed by atoms with van der Waals surface area (Å²) in [4.78, 5) is 32.1. The highest BCUT2D eigenvalue weighted by Crippen LogP contribution is 2.41. The van der Waals surface area contributed by atoms with Gasteiger partial charge in [0.05, 0.1) is 17.0 Å². The van der Waals surface area contributed by atoms with Crippen molar-refractivity contribution in [2.75, 3.05) is 4.90 Å². The molecular formula is C22H12ClFN2O3. The van der Waals surface area contributed by atoms with Gasteiger partial charge < -0.3 is 4.42 Å². The number of hydrogen-bond acceptors (Lipinski definition) is 4. The standard InChI is InChI=1S/C22H12ClFN2O3/c23-12-8-9-16-14(11-12)20(27)18-19(13-5-1-2-6-15(13)24)26(22(28)21(18)29-16)17-7-3-4-10-25-17/h1-11,19H/t19-/m0/s1. The fraction of sp³-hybridized carbons (Fsp3) is 0.0455. The van der Waals surface area contributed by atoms with Gasteiger partial charge in [0, 0.05) is 16.8 Å². The lowest BCUT2D eigenvalue weighted by Crippen LogP contribution is -2.30. The quantitative estimate of drug-likeness (QED) is 0.482. The Morgan fingerprint density at radius 3 is 2.59 bits per heavy atom. The number of carbonyl (C=O) groups is 1. The van der Waals surface area contributed by atoms with Crippen molar-refractivity contribution in [2.45, 2.75) is 6.04 Å². The number of nitrogens with zero attached hydrogens (tertiary/aromatic N) is 2. The molecule has 0 spiro atoms. The van der Waals surface area contributed by atoms with Gasteiger partial charge in [0.2, 0.25) is 5.76 Å². The summed E-state index contributed by atoms with van der Waals surface area (Å²) in [7, 11) is 0. The predicted molar refractivity (Wildman–Crippen MR) is 107 cm³/mol. The highest BCUT2D eigenvalue weighted by atomic mass is 35.5. The molecule has 0 N–H and O–H groups in total. The van der Waals surface area contributed by atoms with Gasteiger partial charge in [0.25, 0.3) is 5.91 Å². The lowest BCUT2D eigenvalue weighted by atomic mass is 9.98. The van der Waals surface area contributed by atoms with Gasteiger partial charge in [-0.15, -0.1) is 0 Å². The van der Waals surface area contributed by atoms with Gasteiger partial charge in [-0.3, -0.25) is 14.5 Å². The molecule has 2 aromatic heterocycles. The van der Waals surface area contributed by atoms with Crippen molar-refractivity contribution in [3.8, 4) is 0 Å². The van der Waals surface area contributed by atoms with Crippen molar-refractivity contribution < 1.29 is 13.6 Å². The SMILES string of the molecule is O=C1c2oc3ccc(Cl)cc3c(=O)c2[C@H](c2ccccc2F)N1c1ccccn1. The van der Waals surface area contributed by atoms with Gasteiger partial charge in [0.15, 0.2) is 5.43 Å². The van der Waals surface area contributed by atoms with Crippen LogP contribution in [0.5, 0.6) is 0 Å². The third kappa shape index (κ3) is 2.64. The second-order valence-corrected chi connectivity index (χ2v) is 7.04. The molecule has 0 radical (unpaired) electrons. The molecule has 142 valence electrons. The molecule has 2 aromatic carbocycles. The Bertz CT molecular complexity index is 1340. The monoisotopic (exact) mass is 406 g/mol. The molecule has 1 aliphatic heterocycles. The summed E-state index contributed by atoms with van der Waals surface area (Å²) in [6.07, 6.45) is 1.52. The first-order chi connectivity index (χ1) is 14.1. The van der Waals surface area contributed by atoms with Crippen LogP contribution in [0.3, 0.4) is 0 Å². The fourth-order valence-electron chi connectivity index (χ4n) is 3.67. The second kappa shape index (κ2) is 6.53. The molecule has 1 amide bonds. The molecule has 0 saturated carbocycles. The lowest BCUT2D eigenvalue weighted by molar-refractivity contribution is 0.0970. The Kier molecular flexibility index (Phi) is 3.96. The molecule has 1 atom stereocenters. The van der Waals surface area contributed by atoms with E-state index in [4.69, 9.17) is 16.0 Å². The van der Waals surface area contributed by atoms with Gasteiger partial charge in [-0.25, -0.2) is 9.37 Å². The third-order valence-corrected chi connectivity index (χ3v) is 5.16. The molecule has 1 aliphatic rings. The van der Waals surface area contributed by atoms with E-state index < -0.39 is 23.2 Å². The minimum Gasteiger partial charge on any atom is -0.450 e. The number of anilines is 1. The van der Waals surface area contributed by atoms with E-state index in [9.17, 15) is 14.0 Å². The number of pyridine rings is 1. The number of halogens is 2. The molecule has 4 aromatic rings. The number of amides is 1. The molecule has 0 saturated heterocycles. The molecule has 7 heteroatoms. The van der Waals surface area contributed by atoms with E-state index in [1.807, 2.05) is 0 Å². The van der Waals surface area contributed by atoms with Crippen LogP contribution in [0.2, 0.25) is 5.02 Å². The van der Waals surface area contributed by atoms with E-state index in [0.717, 1.165) is 0 Å². The number of fused-ring (bicyclic) bond motifs is 2. The van der Waals surface area contributed by atoms with Gasteiger partial charge >= 0.3 is 0 Å². The lowest BCUT2D eigenvalue weighted by Gasteiger charge is -2.24. The summed E-state index contributed by atoms with van der Waals surface area (Å²) >= 11 is 6.05. The number of benzene rings is 2. The topological polar surface area (TPSA) is 63.4 Å². The third-order valence-electron chi connectivity index (χ3n) is 4.93. The van der Waals surface area contributed by atoms with Gasteiger partial charge in [-0.2, -0.15) is 0 Å². The summed E-state index contributed by atoms with van der Waals surface area (Å²) in [6.45, 7) is 0. The van der Waals surface area contributed by atoms with Crippen LogP contribution in [0.4, 0.5) is 10.2 Å². The number of hydrogen-bond donors (Lipinski definition) is 0. The second-order valence-electron chi connectivity index (χ2n) is 6.60. The highest BCUT2D eigenvalue weighted by molar-refractivity contribution is 6.31. The van der Waals surface area contributed by atoms with E-state index in [2.05, 4.69) is 4.98 Å². The van der Waals surface area contributed by atoms with Crippen LogP contribution in [0.15, 0.2) is 76.1 Å². The van der Waals surface area contributed by atoms with Gasteiger partial charge in [-0.1, -0.05) is 35.9 Å².